The zero-order chi connectivity index (χ0) is 14.0. The van der Waals surface area contributed by atoms with Crippen LogP contribution < -0.4 is 11.1 Å². The highest BCUT2D eigenvalue weighted by Crippen LogP contribution is 2.24. The molecular formula is C14H6BrClN2O2. The van der Waals surface area contributed by atoms with Crippen molar-refractivity contribution in [1.82, 2.24) is 9.03 Å². The molecule has 4 nitrogen and oxygen atoms in total. The first kappa shape index (κ1) is 11.9. The maximum absolute atomic E-state index is 12.4. The Morgan fingerprint density at radius 2 is 1.75 bits per heavy atom. The predicted octanol–water partition coefficient (Wildman–Crippen LogP) is 2.92. The first-order valence-electron chi connectivity index (χ1n) is 5.86. The Balaban J connectivity index is 2.47. The van der Waals surface area contributed by atoms with Crippen molar-refractivity contribution in [3.63, 3.8) is 0 Å². The van der Waals surface area contributed by atoms with Crippen LogP contribution in [0.15, 0.2) is 50.5 Å². The van der Waals surface area contributed by atoms with E-state index >= 15 is 0 Å². The summed E-state index contributed by atoms with van der Waals surface area (Å²) in [5, 5.41) is 1.22. The highest BCUT2D eigenvalue weighted by atomic mass is 79.9. The van der Waals surface area contributed by atoms with Crippen LogP contribution in [-0.4, -0.2) is 9.03 Å². The lowest BCUT2D eigenvalue weighted by Gasteiger charge is -1.95. The highest BCUT2D eigenvalue weighted by molar-refractivity contribution is 9.10. The lowest BCUT2D eigenvalue weighted by atomic mass is 10.2. The van der Waals surface area contributed by atoms with Gasteiger partial charge in [0.15, 0.2) is 0 Å². The molecule has 0 aliphatic carbocycles. The topological polar surface area (TPSA) is 43.0 Å². The van der Waals surface area contributed by atoms with Crippen molar-refractivity contribution >= 4 is 49.3 Å². The average Bonchev–Trinajstić information content (AvgIpc) is 2.87. The molecule has 20 heavy (non-hydrogen) atoms. The Hall–Kier alpha value is -1.85. The Kier molecular flexibility index (Phi) is 2.29. The van der Waals surface area contributed by atoms with Crippen LogP contribution in [0.4, 0.5) is 0 Å². The number of aromatic nitrogens is 2. The molecule has 0 spiro atoms. The van der Waals surface area contributed by atoms with Gasteiger partial charge in [0, 0.05) is 4.47 Å². The number of halogens is 2. The van der Waals surface area contributed by atoms with Crippen molar-refractivity contribution < 1.29 is 0 Å². The predicted molar refractivity (Wildman–Crippen MR) is 82.3 cm³/mol. The van der Waals surface area contributed by atoms with Crippen molar-refractivity contribution in [2.45, 2.75) is 0 Å². The third-order valence-corrected chi connectivity index (χ3v) is 4.24. The number of rotatable bonds is 0. The van der Waals surface area contributed by atoms with Crippen molar-refractivity contribution in [3.05, 3.63) is 66.6 Å². The molecule has 0 amide bonds. The first-order valence-corrected chi connectivity index (χ1v) is 7.03. The van der Waals surface area contributed by atoms with Crippen LogP contribution in [0.25, 0.3) is 21.8 Å². The van der Waals surface area contributed by atoms with Gasteiger partial charge >= 0.3 is 0 Å². The van der Waals surface area contributed by atoms with Crippen molar-refractivity contribution in [3.8, 4) is 0 Å². The van der Waals surface area contributed by atoms with E-state index in [2.05, 4.69) is 15.9 Å². The van der Waals surface area contributed by atoms with Crippen LogP contribution in [0.1, 0.15) is 0 Å². The average molecular weight is 350 g/mol. The summed E-state index contributed by atoms with van der Waals surface area (Å²) in [5.41, 5.74) is 0.603. The zero-order valence-electron chi connectivity index (χ0n) is 9.93. The van der Waals surface area contributed by atoms with E-state index in [0.29, 0.717) is 26.8 Å². The van der Waals surface area contributed by atoms with E-state index in [-0.39, 0.29) is 11.1 Å². The minimum absolute atomic E-state index is 0.335. The summed E-state index contributed by atoms with van der Waals surface area (Å²) >= 11 is 9.42. The Morgan fingerprint density at radius 1 is 0.950 bits per heavy atom. The molecule has 2 heterocycles. The molecule has 0 radical (unpaired) electrons. The maximum Gasteiger partial charge on any atom is 0.283 e. The number of benzene rings is 2. The van der Waals surface area contributed by atoms with E-state index in [1.54, 1.807) is 34.8 Å². The molecule has 4 aromatic rings. The van der Waals surface area contributed by atoms with Crippen LogP contribution >= 0.6 is 27.5 Å². The molecule has 2 aromatic heterocycles. The molecule has 4 rings (SSSR count). The van der Waals surface area contributed by atoms with E-state index in [4.69, 9.17) is 11.6 Å². The number of fused-ring (bicyclic) bond motifs is 5. The quantitative estimate of drug-likeness (QED) is 0.490. The second-order valence-corrected chi connectivity index (χ2v) is 5.85. The molecule has 0 atom stereocenters. The second-order valence-electron chi connectivity index (χ2n) is 4.53. The molecule has 6 heteroatoms. The molecule has 0 saturated heterocycles. The summed E-state index contributed by atoms with van der Waals surface area (Å²) in [7, 11) is 0. The van der Waals surface area contributed by atoms with Crippen LogP contribution in [0.2, 0.25) is 5.02 Å². The smallest absolute Gasteiger partial charge is 0.267 e. The lowest BCUT2D eigenvalue weighted by molar-refractivity contribution is 0.841. The van der Waals surface area contributed by atoms with Gasteiger partial charge in [-0.25, -0.2) is 4.52 Å². The summed E-state index contributed by atoms with van der Waals surface area (Å²) < 4.78 is 3.55. The SMILES string of the molecule is O=c1c2cc(Br)ccc2n2c3cccc(Cl)c3c(=O)n12. The molecule has 0 bridgehead atoms. The van der Waals surface area contributed by atoms with Crippen LogP contribution in [0.5, 0.6) is 0 Å². The van der Waals surface area contributed by atoms with E-state index in [1.807, 2.05) is 6.07 Å². The monoisotopic (exact) mass is 348 g/mol. The third-order valence-electron chi connectivity index (χ3n) is 3.44. The van der Waals surface area contributed by atoms with Crippen molar-refractivity contribution in [1.29, 1.82) is 0 Å². The number of hydrogen-bond acceptors (Lipinski definition) is 2. The Morgan fingerprint density at radius 3 is 2.55 bits per heavy atom. The molecule has 2 aromatic carbocycles. The van der Waals surface area contributed by atoms with E-state index in [1.165, 1.54) is 0 Å². The van der Waals surface area contributed by atoms with Gasteiger partial charge in [0.25, 0.3) is 11.1 Å². The fourth-order valence-corrected chi connectivity index (χ4v) is 3.22. The Labute approximate surface area is 125 Å². The van der Waals surface area contributed by atoms with Gasteiger partial charge in [0.05, 0.1) is 26.8 Å². The standard InChI is InChI=1S/C14H6BrClN2O2/c15-7-4-5-10-8(6-7)13(19)18-14(20)12-9(16)2-1-3-11(12)17(10)18/h1-6H. The molecule has 0 N–H and O–H groups in total. The summed E-state index contributed by atoms with van der Waals surface area (Å²) in [6.07, 6.45) is 0. The van der Waals surface area contributed by atoms with Crippen molar-refractivity contribution in [2.24, 2.45) is 0 Å². The van der Waals surface area contributed by atoms with Crippen LogP contribution in [0, 0.1) is 0 Å². The molecule has 0 aliphatic rings. The van der Waals surface area contributed by atoms with Crippen LogP contribution in [0.3, 0.4) is 0 Å². The number of nitrogens with zero attached hydrogens (tertiary/aromatic N) is 2. The molecular weight excluding hydrogens is 344 g/mol. The minimum Gasteiger partial charge on any atom is -0.267 e. The van der Waals surface area contributed by atoms with Gasteiger partial charge in [-0.3, -0.25) is 9.59 Å². The van der Waals surface area contributed by atoms with Crippen LogP contribution in [-0.2, 0) is 0 Å². The fraction of sp³-hybridized carbons (Fsp3) is 0. The summed E-state index contributed by atoms with van der Waals surface area (Å²) in [4.78, 5) is 24.9. The minimum atomic E-state index is -0.386. The third kappa shape index (κ3) is 1.31. The summed E-state index contributed by atoms with van der Waals surface area (Å²) in [6.45, 7) is 0. The van der Waals surface area contributed by atoms with Gasteiger partial charge in [-0.1, -0.05) is 33.6 Å². The van der Waals surface area contributed by atoms with E-state index in [9.17, 15) is 9.59 Å². The van der Waals surface area contributed by atoms with Gasteiger partial charge in [0.1, 0.15) is 0 Å². The van der Waals surface area contributed by atoms with Crippen molar-refractivity contribution in [2.75, 3.05) is 0 Å². The summed E-state index contributed by atoms with van der Waals surface area (Å²) in [6, 6.07) is 10.5. The molecule has 0 unspecified atom stereocenters. The first-order chi connectivity index (χ1) is 9.59. The summed E-state index contributed by atoms with van der Waals surface area (Å²) in [5.74, 6) is 0. The van der Waals surface area contributed by atoms with E-state index in [0.717, 1.165) is 8.99 Å². The fourth-order valence-electron chi connectivity index (χ4n) is 2.60. The molecule has 0 aliphatic heterocycles. The zero-order valence-corrected chi connectivity index (χ0v) is 12.3. The molecule has 98 valence electrons. The maximum atomic E-state index is 12.4. The van der Waals surface area contributed by atoms with Gasteiger partial charge in [-0.15, -0.1) is 0 Å². The molecule has 0 saturated carbocycles. The lowest BCUT2D eigenvalue weighted by Crippen LogP contribution is -2.21. The van der Waals surface area contributed by atoms with Gasteiger partial charge in [-0.05, 0) is 30.3 Å². The van der Waals surface area contributed by atoms with Gasteiger partial charge in [0.2, 0.25) is 0 Å². The molecule has 0 fully saturated rings. The largest absolute Gasteiger partial charge is 0.283 e. The van der Waals surface area contributed by atoms with Gasteiger partial charge < -0.3 is 0 Å². The Bertz CT molecular complexity index is 1110. The highest BCUT2D eigenvalue weighted by Gasteiger charge is 2.18. The normalized spacial score (nSPS) is 11.9. The van der Waals surface area contributed by atoms with Gasteiger partial charge in [-0.2, -0.15) is 4.52 Å². The van der Waals surface area contributed by atoms with E-state index < -0.39 is 0 Å². The number of hydrogen-bond donors (Lipinski definition) is 0. The second kappa shape index (κ2) is 3.84.